The lowest BCUT2D eigenvalue weighted by molar-refractivity contribution is -0.126. The highest BCUT2D eigenvalue weighted by Gasteiger charge is 2.35. The van der Waals surface area contributed by atoms with Gasteiger partial charge in [0.2, 0.25) is 11.8 Å². The Bertz CT molecular complexity index is 1100. The van der Waals surface area contributed by atoms with Crippen molar-refractivity contribution in [2.75, 3.05) is 11.4 Å². The molecule has 1 aliphatic heterocycles. The average Bonchev–Trinajstić information content (AvgIpc) is 3.35. The lowest BCUT2D eigenvalue weighted by Crippen LogP contribution is -2.33. The van der Waals surface area contributed by atoms with Crippen LogP contribution < -0.4 is 10.2 Å². The number of rotatable bonds is 5. The number of anilines is 1. The number of carbonyl (C=O) groups is 2. The van der Waals surface area contributed by atoms with Crippen LogP contribution >= 0.6 is 0 Å². The van der Waals surface area contributed by atoms with Crippen LogP contribution in [0.4, 0.5) is 10.1 Å². The smallest absolute Gasteiger partial charge is 0.227 e. The first-order valence-corrected chi connectivity index (χ1v) is 9.61. The van der Waals surface area contributed by atoms with E-state index in [0.29, 0.717) is 11.5 Å². The summed E-state index contributed by atoms with van der Waals surface area (Å²) in [6, 6.07) is 11.5. The summed E-state index contributed by atoms with van der Waals surface area (Å²) in [5, 5.41) is 14.6. The van der Waals surface area contributed by atoms with Gasteiger partial charge in [0.25, 0.3) is 0 Å². The SMILES string of the molecule is Cc1ccc(-n2nnnc2CNC(=O)[C@H]2CC(=O)N(c3ccc(F)cc3)C2)cc1C. The number of nitrogens with zero attached hydrogens (tertiary/aromatic N) is 5. The minimum absolute atomic E-state index is 0.102. The molecule has 1 N–H and O–H groups in total. The van der Waals surface area contributed by atoms with Gasteiger partial charge in [-0.1, -0.05) is 6.07 Å². The molecule has 2 aromatic carbocycles. The number of aromatic nitrogens is 4. The summed E-state index contributed by atoms with van der Waals surface area (Å²) in [5.74, 6) is -0.787. The molecule has 4 rings (SSSR count). The molecule has 154 valence electrons. The van der Waals surface area contributed by atoms with Crippen molar-refractivity contribution < 1.29 is 14.0 Å². The topological polar surface area (TPSA) is 93.0 Å². The molecule has 2 heterocycles. The monoisotopic (exact) mass is 408 g/mol. The highest BCUT2D eigenvalue weighted by atomic mass is 19.1. The van der Waals surface area contributed by atoms with Gasteiger partial charge in [0.15, 0.2) is 5.82 Å². The fraction of sp³-hybridized carbons (Fsp3) is 0.286. The predicted octanol–water partition coefficient (Wildman–Crippen LogP) is 2.09. The summed E-state index contributed by atoms with van der Waals surface area (Å²) in [6.45, 7) is 4.42. The third kappa shape index (κ3) is 3.91. The quantitative estimate of drug-likeness (QED) is 0.698. The highest BCUT2D eigenvalue weighted by Crippen LogP contribution is 2.25. The van der Waals surface area contributed by atoms with Gasteiger partial charge in [0, 0.05) is 18.7 Å². The Morgan fingerprint density at radius 1 is 1.13 bits per heavy atom. The van der Waals surface area contributed by atoms with Crippen LogP contribution in [-0.2, 0) is 16.1 Å². The minimum Gasteiger partial charge on any atom is -0.348 e. The van der Waals surface area contributed by atoms with E-state index in [0.717, 1.165) is 11.3 Å². The molecular formula is C21H21FN6O2. The summed E-state index contributed by atoms with van der Waals surface area (Å²) >= 11 is 0. The second-order valence-corrected chi connectivity index (χ2v) is 7.38. The zero-order valence-electron chi connectivity index (χ0n) is 16.7. The zero-order valence-corrected chi connectivity index (χ0v) is 16.7. The number of amides is 2. The third-order valence-corrected chi connectivity index (χ3v) is 5.32. The molecule has 1 fully saturated rings. The van der Waals surface area contributed by atoms with Crippen LogP contribution in [0.1, 0.15) is 23.4 Å². The molecule has 1 aliphatic rings. The maximum absolute atomic E-state index is 13.1. The van der Waals surface area contributed by atoms with Crippen molar-refractivity contribution in [2.45, 2.75) is 26.8 Å². The van der Waals surface area contributed by atoms with E-state index in [4.69, 9.17) is 0 Å². The van der Waals surface area contributed by atoms with Crippen LogP contribution in [0.5, 0.6) is 0 Å². The first-order chi connectivity index (χ1) is 14.4. The van der Waals surface area contributed by atoms with E-state index >= 15 is 0 Å². The molecular weight excluding hydrogens is 387 g/mol. The molecule has 0 radical (unpaired) electrons. The lowest BCUT2D eigenvalue weighted by Gasteiger charge is -2.16. The van der Waals surface area contributed by atoms with E-state index in [9.17, 15) is 14.0 Å². The lowest BCUT2D eigenvalue weighted by atomic mass is 10.1. The molecule has 0 saturated carbocycles. The van der Waals surface area contributed by atoms with E-state index in [1.165, 1.54) is 34.7 Å². The molecule has 0 bridgehead atoms. The first-order valence-electron chi connectivity index (χ1n) is 9.61. The zero-order chi connectivity index (χ0) is 21.3. The maximum atomic E-state index is 13.1. The number of hydrogen-bond donors (Lipinski definition) is 1. The Kier molecular flexibility index (Phi) is 5.26. The van der Waals surface area contributed by atoms with Crippen molar-refractivity contribution in [2.24, 2.45) is 5.92 Å². The molecule has 1 saturated heterocycles. The number of halogens is 1. The van der Waals surface area contributed by atoms with Crippen molar-refractivity contribution in [3.8, 4) is 5.69 Å². The van der Waals surface area contributed by atoms with Crippen molar-refractivity contribution in [1.29, 1.82) is 0 Å². The normalized spacial score (nSPS) is 16.2. The summed E-state index contributed by atoms with van der Waals surface area (Å²) in [7, 11) is 0. The second-order valence-electron chi connectivity index (χ2n) is 7.38. The molecule has 0 aliphatic carbocycles. The van der Waals surface area contributed by atoms with Crippen LogP contribution in [0.15, 0.2) is 42.5 Å². The molecule has 1 aromatic heterocycles. The van der Waals surface area contributed by atoms with Gasteiger partial charge in [-0.15, -0.1) is 5.10 Å². The number of carbonyl (C=O) groups excluding carboxylic acids is 2. The van der Waals surface area contributed by atoms with Crippen molar-refractivity contribution in [3.05, 3.63) is 65.2 Å². The molecule has 0 spiro atoms. The maximum Gasteiger partial charge on any atom is 0.227 e. The van der Waals surface area contributed by atoms with Gasteiger partial charge in [-0.2, -0.15) is 4.68 Å². The van der Waals surface area contributed by atoms with E-state index in [2.05, 4.69) is 20.8 Å². The fourth-order valence-electron chi connectivity index (χ4n) is 3.44. The number of benzene rings is 2. The number of nitrogens with one attached hydrogen (secondary N) is 1. The van der Waals surface area contributed by atoms with Gasteiger partial charge in [-0.3, -0.25) is 9.59 Å². The average molecular weight is 408 g/mol. The van der Waals surface area contributed by atoms with Crippen LogP contribution in [0.2, 0.25) is 0 Å². The highest BCUT2D eigenvalue weighted by molar-refractivity contribution is 6.00. The Labute approximate surface area is 172 Å². The van der Waals surface area contributed by atoms with Gasteiger partial charge in [-0.05, 0) is 71.8 Å². The summed E-state index contributed by atoms with van der Waals surface area (Å²) in [5.41, 5.74) is 3.67. The largest absolute Gasteiger partial charge is 0.348 e. The van der Waals surface area contributed by atoms with Crippen molar-refractivity contribution in [3.63, 3.8) is 0 Å². The summed E-state index contributed by atoms with van der Waals surface area (Å²) in [4.78, 5) is 26.5. The van der Waals surface area contributed by atoms with Gasteiger partial charge in [0.1, 0.15) is 5.82 Å². The Morgan fingerprint density at radius 2 is 1.87 bits per heavy atom. The Balaban J connectivity index is 1.41. The molecule has 30 heavy (non-hydrogen) atoms. The predicted molar refractivity (Wildman–Crippen MR) is 107 cm³/mol. The summed E-state index contributed by atoms with van der Waals surface area (Å²) < 4.78 is 14.7. The Hall–Kier alpha value is -3.62. The van der Waals surface area contributed by atoms with Crippen LogP contribution in [-0.4, -0.2) is 38.6 Å². The number of hydrogen-bond acceptors (Lipinski definition) is 5. The van der Waals surface area contributed by atoms with Crippen LogP contribution in [0.3, 0.4) is 0 Å². The van der Waals surface area contributed by atoms with Crippen molar-refractivity contribution >= 4 is 17.5 Å². The number of tetrazole rings is 1. The van der Waals surface area contributed by atoms with Gasteiger partial charge < -0.3 is 10.2 Å². The standard InChI is InChI=1S/C21H21FN6O2/c1-13-3-6-18(9-14(13)2)28-19(24-25-26-28)11-23-21(30)15-10-20(29)27(12-15)17-7-4-16(22)5-8-17/h3-9,15H,10-12H2,1-2H3,(H,23,30)/t15-/m0/s1. The Morgan fingerprint density at radius 3 is 2.60 bits per heavy atom. The van der Waals surface area contributed by atoms with Crippen LogP contribution in [0.25, 0.3) is 5.69 Å². The van der Waals surface area contributed by atoms with E-state index < -0.39 is 5.92 Å². The second kappa shape index (κ2) is 8.02. The first kappa shape index (κ1) is 19.7. The summed E-state index contributed by atoms with van der Waals surface area (Å²) in [6.07, 6.45) is 0.102. The van der Waals surface area contributed by atoms with E-state index in [-0.39, 0.29) is 37.1 Å². The molecule has 3 aromatic rings. The molecule has 9 heteroatoms. The van der Waals surface area contributed by atoms with Gasteiger partial charge >= 0.3 is 0 Å². The molecule has 8 nitrogen and oxygen atoms in total. The number of aryl methyl sites for hydroxylation is 2. The van der Waals surface area contributed by atoms with Crippen molar-refractivity contribution in [1.82, 2.24) is 25.5 Å². The van der Waals surface area contributed by atoms with Crippen LogP contribution in [0, 0.1) is 25.6 Å². The third-order valence-electron chi connectivity index (χ3n) is 5.32. The fourth-order valence-corrected chi connectivity index (χ4v) is 3.44. The van der Waals surface area contributed by atoms with Gasteiger partial charge in [0.05, 0.1) is 18.2 Å². The minimum atomic E-state index is -0.492. The van der Waals surface area contributed by atoms with E-state index in [1.54, 1.807) is 4.68 Å². The van der Waals surface area contributed by atoms with Gasteiger partial charge in [-0.25, -0.2) is 4.39 Å². The molecule has 1 atom stereocenters. The molecule has 0 unspecified atom stereocenters. The van der Waals surface area contributed by atoms with E-state index in [1.807, 2.05) is 32.0 Å². The molecule has 2 amide bonds.